The highest BCUT2D eigenvalue weighted by Gasteiger charge is 2.33. The van der Waals surface area contributed by atoms with E-state index in [2.05, 4.69) is 13.8 Å². The van der Waals surface area contributed by atoms with Crippen LogP contribution < -0.4 is 0 Å². The topological polar surface area (TPSA) is 46.3 Å². The van der Waals surface area contributed by atoms with Gasteiger partial charge in [-0.05, 0) is 12.8 Å². The van der Waals surface area contributed by atoms with Crippen LogP contribution in [0.2, 0.25) is 0 Å². The predicted octanol–water partition coefficient (Wildman–Crippen LogP) is 4.15. The van der Waals surface area contributed by atoms with Crippen molar-refractivity contribution in [1.29, 1.82) is 0 Å². The maximum absolute atomic E-state index is 11.8. The Morgan fingerprint density at radius 1 is 1.32 bits per heavy atom. The normalized spacial score (nSPS) is 18.2. The molecule has 1 aliphatic rings. The lowest BCUT2D eigenvalue weighted by molar-refractivity contribution is -0.130. The van der Waals surface area contributed by atoms with Crippen molar-refractivity contribution in [2.24, 2.45) is 0 Å². The fourth-order valence-electron chi connectivity index (χ4n) is 3.09. The van der Waals surface area contributed by atoms with E-state index in [1.54, 1.807) is 6.92 Å². The van der Waals surface area contributed by atoms with Gasteiger partial charge in [-0.25, -0.2) is 4.98 Å². The molecule has 2 aromatic rings. The van der Waals surface area contributed by atoms with Crippen LogP contribution in [0.25, 0.3) is 11.3 Å². The molecular formula is C18H22N2O2. The molecule has 0 aliphatic carbocycles. The van der Waals surface area contributed by atoms with Gasteiger partial charge >= 0.3 is 0 Å². The van der Waals surface area contributed by atoms with Gasteiger partial charge in [0.2, 0.25) is 11.8 Å². The van der Waals surface area contributed by atoms with Crippen molar-refractivity contribution >= 4 is 5.91 Å². The third-order valence-corrected chi connectivity index (χ3v) is 4.18. The summed E-state index contributed by atoms with van der Waals surface area (Å²) >= 11 is 0. The minimum atomic E-state index is -0.0209. The standard InChI is InChI=1S/C18H22N2O2/c1-12(2)17-16(14-8-5-4-6-9-14)19-18(22-17)15-10-7-11-20(15)13(3)21/h4-6,8-9,12,15H,7,10-11H2,1-3H3. The van der Waals surface area contributed by atoms with Crippen molar-refractivity contribution in [3.05, 3.63) is 42.0 Å². The summed E-state index contributed by atoms with van der Waals surface area (Å²) in [5.41, 5.74) is 1.97. The summed E-state index contributed by atoms with van der Waals surface area (Å²) in [6, 6.07) is 10.1. The molecule has 0 bridgehead atoms. The molecule has 2 heterocycles. The molecule has 1 unspecified atom stereocenters. The average Bonchev–Trinajstić information content (AvgIpc) is 3.14. The maximum Gasteiger partial charge on any atom is 0.220 e. The summed E-state index contributed by atoms with van der Waals surface area (Å²) in [4.78, 5) is 18.4. The molecule has 0 spiro atoms. The molecule has 4 nitrogen and oxygen atoms in total. The summed E-state index contributed by atoms with van der Waals surface area (Å²) < 4.78 is 6.09. The number of hydrogen-bond donors (Lipinski definition) is 0. The summed E-state index contributed by atoms with van der Waals surface area (Å²) in [6.07, 6.45) is 1.93. The van der Waals surface area contributed by atoms with Crippen molar-refractivity contribution in [1.82, 2.24) is 9.88 Å². The fraction of sp³-hybridized carbons (Fsp3) is 0.444. The average molecular weight is 298 g/mol. The lowest BCUT2D eigenvalue weighted by Gasteiger charge is -2.20. The lowest BCUT2D eigenvalue weighted by atomic mass is 10.0. The van der Waals surface area contributed by atoms with Gasteiger partial charge in [-0.1, -0.05) is 44.2 Å². The minimum Gasteiger partial charge on any atom is -0.442 e. The van der Waals surface area contributed by atoms with E-state index in [-0.39, 0.29) is 17.9 Å². The first-order chi connectivity index (χ1) is 10.6. The third-order valence-electron chi connectivity index (χ3n) is 4.18. The van der Waals surface area contributed by atoms with E-state index in [9.17, 15) is 4.79 Å². The predicted molar refractivity (Wildman–Crippen MR) is 85.4 cm³/mol. The zero-order valence-electron chi connectivity index (χ0n) is 13.4. The van der Waals surface area contributed by atoms with E-state index in [1.165, 1.54) is 0 Å². The Bertz CT molecular complexity index is 661. The highest BCUT2D eigenvalue weighted by molar-refractivity contribution is 5.74. The molecule has 1 fully saturated rings. The number of benzene rings is 1. The van der Waals surface area contributed by atoms with Crippen LogP contribution >= 0.6 is 0 Å². The van der Waals surface area contributed by atoms with Crippen LogP contribution in [-0.2, 0) is 4.79 Å². The Morgan fingerprint density at radius 2 is 2.05 bits per heavy atom. The van der Waals surface area contributed by atoms with E-state index in [0.29, 0.717) is 5.89 Å². The fourth-order valence-corrected chi connectivity index (χ4v) is 3.09. The van der Waals surface area contributed by atoms with E-state index < -0.39 is 0 Å². The molecule has 116 valence electrons. The first-order valence-electron chi connectivity index (χ1n) is 7.91. The number of amides is 1. The molecule has 4 heteroatoms. The van der Waals surface area contributed by atoms with Crippen LogP contribution in [0, 0.1) is 0 Å². The second-order valence-corrected chi connectivity index (χ2v) is 6.16. The second-order valence-electron chi connectivity index (χ2n) is 6.16. The van der Waals surface area contributed by atoms with Gasteiger partial charge in [-0.2, -0.15) is 0 Å². The van der Waals surface area contributed by atoms with Gasteiger partial charge in [0.05, 0.1) is 0 Å². The van der Waals surface area contributed by atoms with Gasteiger partial charge < -0.3 is 9.32 Å². The van der Waals surface area contributed by atoms with Gasteiger partial charge in [-0.15, -0.1) is 0 Å². The number of carbonyl (C=O) groups excluding carboxylic acids is 1. The molecule has 1 amide bonds. The molecule has 1 saturated heterocycles. The van der Waals surface area contributed by atoms with E-state index in [0.717, 1.165) is 36.4 Å². The first-order valence-corrected chi connectivity index (χ1v) is 7.91. The number of oxazole rings is 1. The van der Waals surface area contributed by atoms with Crippen molar-refractivity contribution in [2.75, 3.05) is 6.54 Å². The highest BCUT2D eigenvalue weighted by atomic mass is 16.4. The first kappa shape index (κ1) is 14.8. The summed E-state index contributed by atoms with van der Waals surface area (Å²) in [7, 11) is 0. The number of nitrogens with zero attached hydrogens (tertiary/aromatic N) is 2. The van der Waals surface area contributed by atoms with Crippen molar-refractivity contribution < 1.29 is 9.21 Å². The Morgan fingerprint density at radius 3 is 2.68 bits per heavy atom. The molecule has 1 aliphatic heterocycles. The van der Waals surface area contributed by atoms with Crippen molar-refractivity contribution in [3.63, 3.8) is 0 Å². The minimum absolute atomic E-state index is 0.0209. The van der Waals surface area contributed by atoms with Gasteiger partial charge in [0.15, 0.2) is 0 Å². The number of carbonyl (C=O) groups is 1. The SMILES string of the molecule is CC(=O)N1CCCC1c1nc(-c2ccccc2)c(C(C)C)o1. The molecule has 1 aromatic heterocycles. The molecular weight excluding hydrogens is 276 g/mol. The van der Waals surface area contributed by atoms with E-state index in [1.807, 2.05) is 35.2 Å². The van der Waals surface area contributed by atoms with Crippen LogP contribution in [0.5, 0.6) is 0 Å². The Labute approximate surface area is 131 Å². The largest absolute Gasteiger partial charge is 0.442 e. The zero-order chi connectivity index (χ0) is 15.7. The van der Waals surface area contributed by atoms with Crippen LogP contribution in [0.4, 0.5) is 0 Å². The quantitative estimate of drug-likeness (QED) is 0.855. The lowest BCUT2D eigenvalue weighted by Crippen LogP contribution is -2.28. The monoisotopic (exact) mass is 298 g/mol. The number of likely N-dealkylation sites (tertiary alicyclic amines) is 1. The van der Waals surface area contributed by atoms with Gasteiger partial charge in [0.25, 0.3) is 0 Å². The molecule has 22 heavy (non-hydrogen) atoms. The summed E-state index contributed by atoms with van der Waals surface area (Å²) in [6.45, 7) is 6.62. The number of aromatic nitrogens is 1. The Kier molecular flexibility index (Phi) is 4.01. The van der Waals surface area contributed by atoms with Crippen LogP contribution in [0.3, 0.4) is 0 Å². The maximum atomic E-state index is 11.8. The molecule has 0 radical (unpaired) electrons. The van der Waals surface area contributed by atoms with Crippen molar-refractivity contribution in [2.45, 2.75) is 45.6 Å². The van der Waals surface area contributed by atoms with Gasteiger partial charge in [-0.3, -0.25) is 4.79 Å². The zero-order valence-corrected chi connectivity index (χ0v) is 13.4. The third kappa shape index (κ3) is 2.65. The molecule has 0 N–H and O–H groups in total. The van der Waals surface area contributed by atoms with E-state index >= 15 is 0 Å². The molecule has 0 saturated carbocycles. The smallest absolute Gasteiger partial charge is 0.220 e. The van der Waals surface area contributed by atoms with Gasteiger partial charge in [0, 0.05) is 24.9 Å². The van der Waals surface area contributed by atoms with Gasteiger partial charge in [0.1, 0.15) is 17.5 Å². The van der Waals surface area contributed by atoms with Crippen molar-refractivity contribution in [3.8, 4) is 11.3 Å². The van der Waals surface area contributed by atoms with Crippen LogP contribution in [-0.4, -0.2) is 22.3 Å². The van der Waals surface area contributed by atoms with E-state index in [4.69, 9.17) is 9.40 Å². The molecule has 3 rings (SSSR count). The summed E-state index contributed by atoms with van der Waals surface area (Å²) in [5.74, 6) is 1.92. The molecule has 1 atom stereocenters. The number of hydrogen-bond acceptors (Lipinski definition) is 3. The molecule has 1 aromatic carbocycles. The Balaban J connectivity index is 2.02. The van der Waals surface area contributed by atoms with Crippen LogP contribution in [0.1, 0.15) is 57.2 Å². The summed E-state index contributed by atoms with van der Waals surface area (Å²) in [5, 5.41) is 0. The second kappa shape index (κ2) is 5.95. The number of rotatable bonds is 3. The van der Waals surface area contributed by atoms with Crippen LogP contribution in [0.15, 0.2) is 34.7 Å². The highest BCUT2D eigenvalue weighted by Crippen LogP contribution is 2.37. The Hall–Kier alpha value is -2.10.